The third kappa shape index (κ3) is 5.90. The summed E-state index contributed by atoms with van der Waals surface area (Å²) < 4.78 is 10.3. The number of Topliss-reactive ketones (excluding diaryl/α,β-unsaturated/α-hetero) is 2. The number of aldehydes is 1. The van der Waals surface area contributed by atoms with Crippen LogP contribution in [0.4, 0.5) is 4.79 Å². The van der Waals surface area contributed by atoms with Crippen molar-refractivity contribution in [1.82, 2.24) is 25.8 Å². The predicted octanol–water partition coefficient (Wildman–Crippen LogP) is -0.386. The third-order valence-corrected chi connectivity index (χ3v) is 6.07. The van der Waals surface area contributed by atoms with Crippen molar-refractivity contribution in [2.45, 2.75) is 44.7 Å². The second-order valence-corrected chi connectivity index (χ2v) is 8.67. The van der Waals surface area contributed by atoms with Crippen molar-refractivity contribution in [3.05, 3.63) is 23.8 Å². The smallest absolute Gasteiger partial charge is 0.358 e. The van der Waals surface area contributed by atoms with E-state index in [-0.39, 0.29) is 55.2 Å². The van der Waals surface area contributed by atoms with Crippen LogP contribution in [0.3, 0.4) is 0 Å². The van der Waals surface area contributed by atoms with Gasteiger partial charge in [-0.3, -0.25) is 29.4 Å². The molecule has 3 rings (SSSR count). The molecule has 14 nitrogen and oxygen atoms in total. The van der Waals surface area contributed by atoms with Crippen molar-refractivity contribution in [1.29, 1.82) is 0 Å². The fraction of sp³-hybridized carbons (Fsp3) is 0.458. The lowest BCUT2D eigenvalue weighted by Gasteiger charge is -2.42. The van der Waals surface area contributed by atoms with Gasteiger partial charge in [-0.25, -0.2) is 19.8 Å². The van der Waals surface area contributed by atoms with Crippen molar-refractivity contribution in [2.75, 3.05) is 27.3 Å². The lowest BCUT2D eigenvalue weighted by molar-refractivity contribution is -0.155. The maximum Gasteiger partial charge on any atom is 0.358 e. The summed E-state index contributed by atoms with van der Waals surface area (Å²) in [5.74, 6) is -3.61. The molecule has 204 valence electrons. The third-order valence-electron chi connectivity index (χ3n) is 6.07. The van der Waals surface area contributed by atoms with E-state index >= 15 is 0 Å². The van der Waals surface area contributed by atoms with Crippen molar-refractivity contribution in [3.8, 4) is 11.5 Å². The fourth-order valence-corrected chi connectivity index (χ4v) is 4.30. The van der Waals surface area contributed by atoms with E-state index in [1.807, 2.05) is 0 Å². The van der Waals surface area contributed by atoms with Crippen LogP contribution >= 0.6 is 0 Å². The SMILES string of the molecule is COc1cccc(OC)c1C(=O)C(=O)NN1CCC(=O)N2CCC[C@@H](C(=O)N[C@H](C=O)CC(C)=O)N2C1=O. The van der Waals surface area contributed by atoms with Gasteiger partial charge in [0.1, 0.15) is 35.2 Å². The molecule has 0 unspecified atom stereocenters. The lowest BCUT2D eigenvalue weighted by Crippen LogP contribution is -2.65. The lowest BCUT2D eigenvalue weighted by atomic mass is 10.1. The molecule has 0 saturated carbocycles. The summed E-state index contributed by atoms with van der Waals surface area (Å²) in [6.45, 7) is 1.16. The zero-order valence-corrected chi connectivity index (χ0v) is 21.2. The molecule has 2 heterocycles. The summed E-state index contributed by atoms with van der Waals surface area (Å²) in [5.41, 5.74) is 2.07. The topological polar surface area (TPSA) is 172 Å². The molecule has 2 fully saturated rings. The number of methoxy groups -OCH3 is 2. The molecule has 2 N–H and O–H groups in total. The van der Waals surface area contributed by atoms with E-state index in [0.29, 0.717) is 12.7 Å². The van der Waals surface area contributed by atoms with E-state index in [4.69, 9.17) is 9.47 Å². The van der Waals surface area contributed by atoms with E-state index in [1.165, 1.54) is 33.3 Å². The molecule has 0 radical (unpaired) electrons. The maximum absolute atomic E-state index is 13.5. The average Bonchev–Trinajstić information content (AvgIpc) is 3.03. The summed E-state index contributed by atoms with van der Waals surface area (Å²) in [6, 6.07) is 1.28. The number of hydrogen-bond donors (Lipinski definition) is 2. The van der Waals surface area contributed by atoms with E-state index in [1.54, 1.807) is 6.07 Å². The molecule has 2 aliphatic heterocycles. The number of nitrogens with one attached hydrogen (secondary N) is 2. The van der Waals surface area contributed by atoms with Crippen molar-refractivity contribution >= 4 is 41.6 Å². The van der Waals surface area contributed by atoms with Crippen LogP contribution in [0.1, 0.15) is 43.0 Å². The first-order valence-corrected chi connectivity index (χ1v) is 11.8. The molecule has 0 spiro atoms. The second-order valence-electron chi connectivity index (χ2n) is 8.67. The summed E-state index contributed by atoms with van der Waals surface area (Å²) in [5, 5.41) is 5.25. The summed E-state index contributed by atoms with van der Waals surface area (Å²) in [7, 11) is 2.63. The van der Waals surface area contributed by atoms with Gasteiger partial charge in [-0.1, -0.05) is 6.07 Å². The van der Waals surface area contributed by atoms with Gasteiger partial charge in [-0.15, -0.1) is 0 Å². The summed E-state index contributed by atoms with van der Waals surface area (Å²) in [4.78, 5) is 88.0. The number of amides is 5. The largest absolute Gasteiger partial charge is 0.496 e. The number of ether oxygens (including phenoxy) is 2. The minimum absolute atomic E-state index is 0.0797. The highest BCUT2D eigenvalue weighted by molar-refractivity contribution is 6.44. The van der Waals surface area contributed by atoms with Gasteiger partial charge in [0.2, 0.25) is 11.8 Å². The zero-order valence-electron chi connectivity index (χ0n) is 21.2. The van der Waals surface area contributed by atoms with Crippen LogP contribution in [-0.4, -0.2) is 96.0 Å². The molecule has 2 saturated heterocycles. The highest BCUT2D eigenvalue weighted by atomic mass is 16.5. The Morgan fingerprint density at radius 2 is 1.76 bits per heavy atom. The number of hydrogen-bond acceptors (Lipinski definition) is 9. The Balaban J connectivity index is 1.84. The molecule has 5 amide bonds. The predicted molar refractivity (Wildman–Crippen MR) is 129 cm³/mol. The molecule has 0 aromatic heterocycles. The van der Waals surface area contributed by atoms with E-state index in [0.717, 1.165) is 15.0 Å². The van der Waals surface area contributed by atoms with Crippen LogP contribution in [0.15, 0.2) is 18.2 Å². The number of carbonyl (C=O) groups excluding carboxylic acids is 7. The number of rotatable bonds is 10. The molecule has 0 aliphatic carbocycles. The Labute approximate surface area is 218 Å². The Morgan fingerprint density at radius 1 is 1.11 bits per heavy atom. The minimum atomic E-state index is -1.20. The normalized spacial score (nSPS) is 18.1. The highest BCUT2D eigenvalue weighted by Gasteiger charge is 2.44. The summed E-state index contributed by atoms with van der Waals surface area (Å²) in [6.07, 6.45) is 0.551. The van der Waals surface area contributed by atoms with E-state index < -0.39 is 41.6 Å². The Morgan fingerprint density at radius 3 is 2.34 bits per heavy atom. The second kappa shape index (κ2) is 12.2. The molecule has 1 aromatic rings. The van der Waals surface area contributed by atoms with Gasteiger partial charge in [0.25, 0.3) is 5.78 Å². The Bertz CT molecular complexity index is 1130. The van der Waals surface area contributed by atoms with Gasteiger partial charge < -0.3 is 19.6 Å². The Hall–Kier alpha value is -4.49. The number of benzene rings is 1. The number of fused-ring (bicyclic) bond motifs is 1. The number of nitrogens with zero attached hydrogens (tertiary/aromatic N) is 3. The highest BCUT2D eigenvalue weighted by Crippen LogP contribution is 2.29. The van der Waals surface area contributed by atoms with Crippen molar-refractivity contribution < 1.29 is 43.0 Å². The number of hydrazine groups is 2. The Kier molecular flexibility index (Phi) is 8.99. The average molecular weight is 532 g/mol. The van der Waals surface area contributed by atoms with E-state index in [9.17, 15) is 33.6 Å². The first-order chi connectivity index (χ1) is 18.1. The monoisotopic (exact) mass is 531 g/mol. The first-order valence-electron chi connectivity index (χ1n) is 11.8. The zero-order chi connectivity index (χ0) is 28.0. The minimum Gasteiger partial charge on any atom is -0.496 e. The standard InChI is InChI=1S/C24H29N5O9/c1-14(31)12-15(13-30)25-22(34)16-6-5-10-28-19(32)9-11-27(24(36)29(16)28)26-23(35)21(33)20-17(37-2)7-4-8-18(20)38-3/h4,7-8,13,15-16H,5-6,9-12H2,1-3H3,(H,25,34)(H,26,35)/t15-,16-/m0/s1. The van der Waals surface area contributed by atoms with Gasteiger partial charge in [-0.2, -0.15) is 0 Å². The van der Waals surface area contributed by atoms with Crippen LogP contribution in [0.2, 0.25) is 0 Å². The van der Waals surface area contributed by atoms with E-state index in [2.05, 4.69) is 10.7 Å². The van der Waals surface area contributed by atoms with Crippen molar-refractivity contribution in [3.63, 3.8) is 0 Å². The molecule has 0 bridgehead atoms. The maximum atomic E-state index is 13.5. The molecular formula is C24H29N5O9. The molecule has 38 heavy (non-hydrogen) atoms. The molecule has 1 aromatic carbocycles. The molecule has 2 aliphatic rings. The van der Waals surface area contributed by atoms with Gasteiger partial charge in [0, 0.05) is 19.4 Å². The van der Waals surface area contributed by atoms with Crippen LogP contribution in [0, 0.1) is 0 Å². The fourth-order valence-electron chi connectivity index (χ4n) is 4.30. The number of urea groups is 1. The van der Waals surface area contributed by atoms with Gasteiger partial charge >= 0.3 is 11.9 Å². The van der Waals surface area contributed by atoms with Gasteiger partial charge in [-0.05, 0) is 31.9 Å². The first kappa shape index (κ1) is 28.1. The van der Waals surface area contributed by atoms with Gasteiger partial charge in [0.05, 0.1) is 26.8 Å². The molecule has 14 heteroatoms. The van der Waals surface area contributed by atoms with Crippen LogP contribution in [0.5, 0.6) is 11.5 Å². The van der Waals surface area contributed by atoms with Gasteiger partial charge in [0.15, 0.2) is 0 Å². The van der Waals surface area contributed by atoms with Crippen LogP contribution in [0.25, 0.3) is 0 Å². The van der Waals surface area contributed by atoms with Crippen LogP contribution < -0.4 is 20.2 Å². The molecular weight excluding hydrogens is 502 g/mol. The van der Waals surface area contributed by atoms with Crippen LogP contribution in [-0.2, 0) is 24.0 Å². The number of ketones is 2. The van der Waals surface area contributed by atoms with Crippen molar-refractivity contribution in [2.24, 2.45) is 0 Å². The molecule has 2 atom stereocenters. The summed E-state index contributed by atoms with van der Waals surface area (Å²) >= 11 is 0. The number of carbonyl (C=O) groups is 7. The quantitative estimate of drug-likeness (QED) is 0.232.